The fraction of sp³-hybridized carbons (Fsp3) is 0.143. The Morgan fingerprint density at radius 1 is 0.938 bits per heavy atom. The number of rotatable bonds is 3. The summed E-state index contributed by atoms with van der Waals surface area (Å²) < 4.78 is 5.75. The molecule has 1 nitrogen and oxygen atoms in total. The smallest absolute Gasteiger partial charge is 0.127 e. The number of benzene rings is 2. The van der Waals surface area contributed by atoms with Crippen molar-refractivity contribution in [3.05, 3.63) is 54.1 Å². The van der Waals surface area contributed by atoms with Gasteiger partial charge in [-0.25, -0.2) is 0 Å². The van der Waals surface area contributed by atoms with Gasteiger partial charge in [0.2, 0.25) is 0 Å². The van der Waals surface area contributed by atoms with Crippen LogP contribution in [0.4, 0.5) is 0 Å². The van der Waals surface area contributed by atoms with Crippen LogP contribution in [0.25, 0.3) is 0 Å². The van der Waals surface area contributed by atoms with Crippen molar-refractivity contribution in [3.63, 3.8) is 0 Å². The molecule has 2 aromatic carbocycles. The summed E-state index contributed by atoms with van der Waals surface area (Å²) >= 11 is 1.75. The Bertz CT molecular complexity index is 465. The Balaban J connectivity index is 2.20. The molecule has 16 heavy (non-hydrogen) atoms. The molecule has 0 N–H and O–H groups in total. The van der Waals surface area contributed by atoms with Crippen molar-refractivity contribution in [2.24, 2.45) is 0 Å². The van der Waals surface area contributed by atoms with Gasteiger partial charge in [-0.05, 0) is 49.1 Å². The Hall–Kier alpha value is -1.41. The van der Waals surface area contributed by atoms with Crippen molar-refractivity contribution in [2.45, 2.75) is 11.8 Å². The van der Waals surface area contributed by atoms with E-state index >= 15 is 0 Å². The zero-order valence-electron chi connectivity index (χ0n) is 9.44. The predicted molar refractivity (Wildman–Crippen MR) is 69.5 cm³/mol. The summed E-state index contributed by atoms with van der Waals surface area (Å²) in [5.74, 6) is 1.76. The minimum Gasteiger partial charge on any atom is -0.457 e. The molecule has 0 heterocycles. The lowest BCUT2D eigenvalue weighted by molar-refractivity contribution is 0.482. The van der Waals surface area contributed by atoms with Crippen molar-refractivity contribution in [2.75, 3.05) is 6.26 Å². The molecule has 0 amide bonds. The minimum atomic E-state index is 0.874. The zero-order valence-corrected chi connectivity index (χ0v) is 10.3. The molecule has 2 aromatic rings. The van der Waals surface area contributed by atoms with Gasteiger partial charge in [0.15, 0.2) is 0 Å². The summed E-state index contributed by atoms with van der Waals surface area (Å²) in [7, 11) is 0. The van der Waals surface area contributed by atoms with Crippen LogP contribution in [0.15, 0.2) is 53.4 Å². The predicted octanol–water partition coefficient (Wildman–Crippen LogP) is 4.51. The van der Waals surface area contributed by atoms with Gasteiger partial charge in [-0.1, -0.05) is 18.2 Å². The normalized spacial score (nSPS) is 10.1. The van der Waals surface area contributed by atoms with Crippen LogP contribution in [-0.4, -0.2) is 6.26 Å². The molecule has 2 rings (SSSR count). The number of ether oxygens (including phenoxy) is 1. The first-order valence-corrected chi connectivity index (χ1v) is 6.39. The minimum absolute atomic E-state index is 0.874. The van der Waals surface area contributed by atoms with Crippen LogP contribution >= 0.6 is 11.8 Å². The molecule has 0 bridgehead atoms. The molecular formula is C14H14OS. The van der Waals surface area contributed by atoms with E-state index < -0.39 is 0 Å². The molecule has 0 radical (unpaired) electrons. The third-order valence-electron chi connectivity index (χ3n) is 2.35. The quantitative estimate of drug-likeness (QED) is 0.717. The molecule has 0 atom stereocenters. The number of aryl methyl sites for hydroxylation is 1. The Morgan fingerprint density at radius 2 is 1.69 bits per heavy atom. The second-order valence-corrected chi connectivity index (χ2v) is 4.39. The number of hydrogen-bond donors (Lipinski definition) is 0. The van der Waals surface area contributed by atoms with E-state index in [1.54, 1.807) is 11.8 Å². The van der Waals surface area contributed by atoms with Gasteiger partial charge < -0.3 is 4.74 Å². The van der Waals surface area contributed by atoms with Crippen molar-refractivity contribution in [1.29, 1.82) is 0 Å². The average Bonchev–Trinajstić information content (AvgIpc) is 2.31. The third-order valence-corrected chi connectivity index (χ3v) is 3.24. The van der Waals surface area contributed by atoms with Crippen molar-refractivity contribution >= 4 is 11.8 Å². The molecule has 82 valence electrons. The van der Waals surface area contributed by atoms with E-state index in [0.717, 1.165) is 11.5 Å². The van der Waals surface area contributed by atoms with Gasteiger partial charge in [-0.15, -0.1) is 11.8 Å². The van der Waals surface area contributed by atoms with Crippen LogP contribution in [0, 0.1) is 6.92 Å². The summed E-state index contributed by atoms with van der Waals surface area (Å²) in [5.41, 5.74) is 1.25. The van der Waals surface area contributed by atoms with Crippen LogP contribution in [-0.2, 0) is 0 Å². The summed E-state index contributed by atoms with van der Waals surface area (Å²) in [6.07, 6.45) is 2.08. The van der Waals surface area contributed by atoms with E-state index in [0.29, 0.717) is 0 Å². The van der Waals surface area contributed by atoms with E-state index in [1.807, 2.05) is 36.4 Å². The molecule has 2 heteroatoms. The fourth-order valence-electron chi connectivity index (χ4n) is 1.54. The molecule has 0 aromatic heterocycles. The third kappa shape index (κ3) is 2.58. The summed E-state index contributed by atoms with van der Waals surface area (Å²) in [4.78, 5) is 1.29. The summed E-state index contributed by atoms with van der Waals surface area (Å²) in [6.45, 7) is 2.10. The summed E-state index contributed by atoms with van der Waals surface area (Å²) in [6, 6.07) is 16.0. The van der Waals surface area contributed by atoms with Crippen LogP contribution < -0.4 is 4.74 Å². The van der Waals surface area contributed by atoms with Crippen LogP contribution in [0.3, 0.4) is 0 Å². The Labute approximate surface area is 100 Å². The van der Waals surface area contributed by atoms with Gasteiger partial charge in [0.25, 0.3) is 0 Å². The molecule has 0 aliphatic rings. The Morgan fingerprint density at radius 3 is 2.31 bits per heavy atom. The molecule has 0 spiro atoms. The number of hydrogen-bond acceptors (Lipinski definition) is 2. The first-order chi connectivity index (χ1) is 7.79. The first kappa shape index (κ1) is 11.1. The monoisotopic (exact) mass is 230 g/mol. The summed E-state index contributed by atoms with van der Waals surface area (Å²) in [5, 5.41) is 0. The average molecular weight is 230 g/mol. The molecule has 0 saturated heterocycles. The molecule has 0 saturated carbocycles. The molecular weight excluding hydrogens is 216 g/mol. The standard InChI is InChI=1S/C14H14OS/c1-11-10-13(8-9-14(11)16-2)15-12-6-4-3-5-7-12/h3-10H,1-2H3. The van der Waals surface area contributed by atoms with Gasteiger partial charge in [0.05, 0.1) is 0 Å². The largest absolute Gasteiger partial charge is 0.457 e. The van der Waals surface area contributed by atoms with Crippen LogP contribution in [0.2, 0.25) is 0 Å². The van der Waals surface area contributed by atoms with Gasteiger partial charge in [-0.3, -0.25) is 0 Å². The topological polar surface area (TPSA) is 9.23 Å². The highest BCUT2D eigenvalue weighted by Gasteiger charge is 2.00. The lowest BCUT2D eigenvalue weighted by Crippen LogP contribution is -1.85. The van der Waals surface area contributed by atoms with E-state index in [2.05, 4.69) is 25.3 Å². The van der Waals surface area contributed by atoms with Crippen molar-refractivity contribution in [3.8, 4) is 11.5 Å². The van der Waals surface area contributed by atoms with E-state index in [1.165, 1.54) is 10.5 Å². The molecule has 0 fully saturated rings. The highest BCUT2D eigenvalue weighted by Crippen LogP contribution is 2.27. The van der Waals surface area contributed by atoms with Crippen molar-refractivity contribution in [1.82, 2.24) is 0 Å². The number of para-hydroxylation sites is 1. The number of thioether (sulfide) groups is 1. The van der Waals surface area contributed by atoms with Crippen LogP contribution in [0.1, 0.15) is 5.56 Å². The lowest BCUT2D eigenvalue weighted by Gasteiger charge is -2.08. The second kappa shape index (κ2) is 5.08. The van der Waals surface area contributed by atoms with E-state index in [4.69, 9.17) is 4.74 Å². The van der Waals surface area contributed by atoms with Gasteiger partial charge >= 0.3 is 0 Å². The maximum absolute atomic E-state index is 5.75. The Kier molecular flexibility index (Phi) is 3.52. The van der Waals surface area contributed by atoms with Gasteiger partial charge in [0, 0.05) is 4.90 Å². The maximum atomic E-state index is 5.75. The van der Waals surface area contributed by atoms with Crippen molar-refractivity contribution < 1.29 is 4.74 Å². The maximum Gasteiger partial charge on any atom is 0.127 e. The van der Waals surface area contributed by atoms with Crippen LogP contribution in [0.5, 0.6) is 11.5 Å². The molecule has 0 aliphatic carbocycles. The first-order valence-electron chi connectivity index (χ1n) is 5.17. The highest BCUT2D eigenvalue weighted by molar-refractivity contribution is 7.98. The van der Waals surface area contributed by atoms with E-state index in [9.17, 15) is 0 Å². The zero-order chi connectivity index (χ0) is 11.4. The van der Waals surface area contributed by atoms with Gasteiger partial charge in [0.1, 0.15) is 11.5 Å². The SMILES string of the molecule is CSc1ccc(Oc2ccccc2)cc1C. The highest BCUT2D eigenvalue weighted by atomic mass is 32.2. The van der Waals surface area contributed by atoms with E-state index in [-0.39, 0.29) is 0 Å². The lowest BCUT2D eigenvalue weighted by atomic mass is 10.2. The fourth-order valence-corrected chi connectivity index (χ4v) is 2.12. The molecule has 0 unspecified atom stereocenters. The van der Waals surface area contributed by atoms with Gasteiger partial charge in [-0.2, -0.15) is 0 Å². The second-order valence-electron chi connectivity index (χ2n) is 3.55. The molecule has 0 aliphatic heterocycles.